The first-order valence-corrected chi connectivity index (χ1v) is 9.18. The Balaban J connectivity index is 1.71. The monoisotopic (exact) mass is 374 g/mol. The van der Waals surface area contributed by atoms with Crippen LogP contribution in [0.2, 0.25) is 0 Å². The van der Waals surface area contributed by atoms with Gasteiger partial charge in [-0.1, -0.05) is 30.3 Å². The van der Waals surface area contributed by atoms with Gasteiger partial charge in [0.2, 0.25) is 0 Å². The molecule has 1 unspecified atom stereocenters. The molecule has 0 spiro atoms. The molecule has 3 heterocycles. The number of aromatic amines is 1. The Hall–Kier alpha value is -3.48. The van der Waals surface area contributed by atoms with Gasteiger partial charge in [0.05, 0.1) is 22.7 Å². The summed E-state index contributed by atoms with van der Waals surface area (Å²) < 4.78 is 1.71. The topological polar surface area (TPSA) is 88.5 Å². The molecular formula is C21H22N6O. The van der Waals surface area contributed by atoms with Crippen LogP contribution in [0.1, 0.15) is 39.2 Å². The molecular weight excluding hydrogens is 352 g/mol. The smallest absolute Gasteiger partial charge is 0.252 e. The predicted molar refractivity (Wildman–Crippen MR) is 107 cm³/mol. The molecule has 1 amide bonds. The number of hydrogen-bond donors (Lipinski definition) is 2. The lowest BCUT2D eigenvalue weighted by atomic mass is 10.0. The van der Waals surface area contributed by atoms with Crippen LogP contribution in [0.25, 0.3) is 11.0 Å². The average Bonchev–Trinajstić information content (AvgIpc) is 3.29. The molecule has 0 aliphatic carbocycles. The molecule has 0 saturated heterocycles. The number of aromatic nitrogens is 5. The summed E-state index contributed by atoms with van der Waals surface area (Å²) in [6.07, 6.45) is 4.07. The number of imidazole rings is 1. The van der Waals surface area contributed by atoms with E-state index in [2.05, 4.69) is 25.4 Å². The fourth-order valence-corrected chi connectivity index (χ4v) is 3.53. The molecule has 1 aromatic carbocycles. The first-order valence-electron chi connectivity index (χ1n) is 9.18. The number of aryl methyl sites for hydroxylation is 3. The lowest BCUT2D eigenvalue weighted by molar-refractivity contribution is 0.0937. The number of nitrogens with one attached hydrogen (secondary N) is 2. The maximum absolute atomic E-state index is 13.3. The standard InChI is InChI=1S/C21H22N6O/c1-13-11-16(19-14(2)26-27(3)20(19)24-13)21(28)25-17(12-18-22-9-10-23-18)15-7-5-4-6-8-15/h4-11,17H,12H2,1-3H3,(H,22,23)(H,25,28). The van der Waals surface area contributed by atoms with Crippen molar-refractivity contribution in [3.05, 3.63) is 77.1 Å². The van der Waals surface area contributed by atoms with Crippen LogP contribution in [-0.2, 0) is 13.5 Å². The van der Waals surface area contributed by atoms with E-state index < -0.39 is 0 Å². The molecule has 0 radical (unpaired) electrons. The van der Waals surface area contributed by atoms with Crippen molar-refractivity contribution < 1.29 is 4.79 Å². The van der Waals surface area contributed by atoms with Gasteiger partial charge in [-0.3, -0.25) is 9.48 Å². The lowest BCUT2D eigenvalue weighted by Gasteiger charge is -2.19. The molecule has 4 rings (SSSR count). The minimum atomic E-state index is -0.208. The molecule has 1 atom stereocenters. The molecule has 2 N–H and O–H groups in total. The summed E-state index contributed by atoms with van der Waals surface area (Å²) in [7, 11) is 1.84. The van der Waals surface area contributed by atoms with E-state index in [0.29, 0.717) is 17.6 Å². The Labute approximate surface area is 162 Å². The number of carbonyl (C=O) groups excluding carboxylic acids is 1. The third-order valence-corrected chi connectivity index (χ3v) is 4.80. The largest absolute Gasteiger partial charge is 0.349 e. The number of amides is 1. The summed E-state index contributed by atoms with van der Waals surface area (Å²) in [6, 6.07) is 11.5. The summed E-state index contributed by atoms with van der Waals surface area (Å²) in [5.74, 6) is 0.676. The maximum atomic E-state index is 13.3. The van der Waals surface area contributed by atoms with Crippen molar-refractivity contribution in [2.75, 3.05) is 0 Å². The van der Waals surface area contributed by atoms with Gasteiger partial charge in [-0.05, 0) is 25.5 Å². The van der Waals surface area contributed by atoms with Crippen molar-refractivity contribution in [1.29, 1.82) is 0 Å². The molecule has 0 bridgehead atoms. The normalized spacial score (nSPS) is 12.2. The van der Waals surface area contributed by atoms with Crippen LogP contribution in [0, 0.1) is 13.8 Å². The average molecular weight is 374 g/mol. The van der Waals surface area contributed by atoms with Gasteiger partial charge >= 0.3 is 0 Å². The van der Waals surface area contributed by atoms with Crippen LogP contribution in [0.3, 0.4) is 0 Å². The van der Waals surface area contributed by atoms with Gasteiger partial charge in [0.1, 0.15) is 5.82 Å². The van der Waals surface area contributed by atoms with Crippen LogP contribution >= 0.6 is 0 Å². The Morgan fingerprint density at radius 2 is 2.04 bits per heavy atom. The minimum Gasteiger partial charge on any atom is -0.349 e. The molecule has 0 aliphatic heterocycles. The van der Waals surface area contributed by atoms with E-state index >= 15 is 0 Å². The summed E-state index contributed by atoms with van der Waals surface area (Å²) in [5, 5.41) is 8.40. The third kappa shape index (κ3) is 3.38. The number of fused-ring (bicyclic) bond motifs is 1. The van der Waals surface area contributed by atoms with Gasteiger partial charge in [0.15, 0.2) is 5.65 Å². The number of rotatable bonds is 5. The van der Waals surface area contributed by atoms with Gasteiger partial charge < -0.3 is 10.3 Å². The summed E-state index contributed by atoms with van der Waals surface area (Å²) >= 11 is 0. The molecule has 28 heavy (non-hydrogen) atoms. The molecule has 7 heteroatoms. The number of benzene rings is 1. The highest BCUT2D eigenvalue weighted by atomic mass is 16.1. The van der Waals surface area contributed by atoms with Crippen LogP contribution < -0.4 is 5.32 Å². The number of hydrogen-bond acceptors (Lipinski definition) is 4. The Kier molecular flexibility index (Phi) is 4.65. The lowest BCUT2D eigenvalue weighted by Crippen LogP contribution is -2.30. The SMILES string of the molecule is Cc1cc(C(=O)NC(Cc2ncc[nH]2)c2ccccc2)c2c(C)nn(C)c2n1. The van der Waals surface area contributed by atoms with E-state index in [4.69, 9.17) is 0 Å². The second kappa shape index (κ2) is 7.26. The van der Waals surface area contributed by atoms with E-state index in [9.17, 15) is 4.79 Å². The fraction of sp³-hybridized carbons (Fsp3) is 0.238. The summed E-state index contributed by atoms with van der Waals surface area (Å²) in [5.41, 5.74) is 3.90. The van der Waals surface area contributed by atoms with E-state index in [1.54, 1.807) is 17.1 Å². The highest BCUT2D eigenvalue weighted by molar-refractivity contribution is 6.06. The molecule has 0 saturated carbocycles. The van der Waals surface area contributed by atoms with Crippen LogP contribution in [-0.4, -0.2) is 30.6 Å². The van der Waals surface area contributed by atoms with E-state index in [0.717, 1.165) is 28.2 Å². The van der Waals surface area contributed by atoms with Gasteiger partial charge in [-0.25, -0.2) is 9.97 Å². The first kappa shape index (κ1) is 17.9. The number of carbonyl (C=O) groups is 1. The zero-order valence-corrected chi connectivity index (χ0v) is 16.1. The van der Waals surface area contributed by atoms with Gasteiger partial charge in [-0.2, -0.15) is 5.10 Å². The summed E-state index contributed by atoms with van der Waals surface area (Å²) in [6.45, 7) is 3.78. The van der Waals surface area contributed by atoms with E-state index in [1.165, 1.54) is 0 Å². The van der Waals surface area contributed by atoms with Gasteiger partial charge in [0, 0.05) is 31.6 Å². The van der Waals surface area contributed by atoms with Crippen LogP contribution in [0.4, 0.5) is 0 Å². The quantitative estimate of drug-likeness (QED) is 0.562. The molecule has 0 aliphatic rings. The van der Waals surface area contributed by atoms with Crippen molar-refractivity contribution in [3.8, 4) is 0 Å². The van der Waals surface area contributed by atoms with Gasteiger partial charge in [-0.15, -0.1) is 0 Å². The zero-order chi connectivity index (χ0) is 19.7. The van der Waals surface area contributed by atoms with Gasteiger partial charge in [0.25, 0.3) is 5.91 Å². The molecule has 7 nitrogen and oxygen atoms in total. The Bertz CT molecular complexity index is 1110. The maximum Gasteiger partial charge on any atom is 0.252 e. The molecule has 4 aromatic rings. The Morgan fingerprint density at radius 3 is 2.75 bits per heavy atom. The van der Waals surface area contributed by atoms with Crippen LogP contribution in [0.15, 0.2) is 48.8 Å². The second-order valence-electron chi connectivity index (χ2n) is 6.90. The predicted octanol–water partition coefficient (Wildman–Crippen LogP) is 3.02. The first-order chi connectivity index (χ1) is 13.5. The highest BCUT2D eigenvalue weighted by Crippen LogP contribution is 2.23. The Morgan fingerprint density at radius 1 is 1.25 bits per heavy atom. The minimum absolute atomic E-state index is 0.146. The molecule has 0 fully saturated rings. The number of nitrogens with zero attached hydrogens (tertiary/aromatic N) is 4. The van der Waals surface area contributed by atoms with Crippen molar-refractivity contribution in [2.45, 2.75) is 26.3 Å². The van der Waals surface area contributed by atoms with Crippen LogP contribution in [0.5, 0.6) is 0 Å². The zero-order valence-electron chi connectivity index (χ0n) is 16.1. The van der Waals surface area contributed by atoms with Crippen molar-refractivity contribution in [3.63, 3.8) is 0 Å². The summed E-state index contributed by atoms with van der Waals surface area (Å²) in [4.78, 5) is 25.2. The van der Waals surface area contributed by atoms with E-state index in [1.807, 2.05) is 57.3 Å². The highest BCUT2D eigenvalue weighted by Gasteiger charge is 2.22. The van der Waals surface area contributed by atoms with Crippen molar-refractivity contribution >= 4 is 16.9 Å². The fourth-order valence-electron chi connectivity index (χ4n) is 3.53. The molecule has 3 aromatic heterocycles. The number of H-pyrrole nitrogens is 1. The third-order valence-electron chi connectivity index (χ3n) is 4.80. The van der Waals surface area contributed by atoms with E-state index in [-0.39, 0.29) is 11.9 Å². The van der Waals surface area contributed by atoms with Crippen molar-refractivity contribution in [1.82, 2.24) is 30.0 Å². The molecule has 142 valence electrons. The number of pyridine rings is 1. The second-order valence-corrected chi connectivity index (χ2v) is 6.90. The van der Waals surface area contributed by atoms with Crippen molar-refractivity contribution in [2.24, 2.45) is 7.05 Å².